The molecule has 2 saturated heterocycles. The van der Waals surface area contributed by atoms with E-state index in [0.29, 0.717) is 49.5 Å². The molecule has 0 aromatic heterocycles. The van der Waals surface area contributed by atoms with Crippen molar-refractivity contribution in [2.75, 3.05) is 31.9 Å². The lowest BCUT2D eigenvalue weighted by Crippen LogP contribution is -2.47. The third-order valence-corrected chi connectivity index (χ3v) is 6.91. The predicted octanol–water partition coefficient (Wildman–Crippen LogP) is 2.88. The average molecular weight is 465 g/mol. The Morgan fingerprint density at radius 2 is 1.82 bits per heavy atom. The number of nitrogens with one attached hydrogen (secondary N) is 2. The summed E-state index contributed by atoms with van der Waals surface area (Å²) in [5.41, 5.74) is 0.436. The van der Waals surface area contributed by atoms with Crippen LogP contribution < -0.4 is 20.1 Å². The lowest BCUT2D eigenvalue weighted by Gasteiger charge is -2.33. The zero-order valence-electron chi connectivity index (χ0n) is 19.1. The maximum atomic E-state index is 13.3. The van der Waals surface area contributed by atoms with Gasteiger partial charge in [-0.2, -0.15) is 0 Å². The second kappa shape index (κ2) is 8.98. The zero-order valence-corrected chi connectivity index (χ0v) is 19.1. The quantitative estimate of drug-likeness (QED) is 0.638. The second-order valence-corrected chi connectivity index (χ2v) is 8.88. The minimum atomic E-state index is -1.03. The maximum Gasteiger partial charge on any atom is 0.326 e. The number of nitrogens with zero attached hydrogens (tertiary/aromatic N) is 2. The van der Waals surface area contributed by atoms with Gasteiger partial charge in [-0.15, -0.1) is 0 Å². The molecule has 2 aromatic rings. The molecule has 5 rings (SSSR count). The number of urea groups is 1. The third kappa shape index (κ3) is 3.96. The van der Waals surface area contributed by atoms with E-state index in [0.717, 1.165) is 5.56 Å². The molecular formula is C25H28N4O5. The summed E-state index contributed by atoms with van der Waals surface area (Å²) in [6, 6.07) is 14.3. The van der Waals surface area contributed by atoms with Crippen molar-refractivity contribution >= 4 is 23.5 Å². The Labute approximate surface area is 198 Å². The van der Waals surface area contributed by atoms with Gasteiger partial charge in [0.25, 0.3) is 5.91 Å². The lowest BCUT2D eigenvalue weighted by molar-refractivity contribution is -0.134. The highest BCUT2D eigenvalue weighted by Crippen LogP contribution is 2.35. The monoisotopic (exact) mass is 464 g/mol. The number of carbonyl (C=O) groups is 3. The molecule has 3 aliphatic heterocycles. The highest BCUT2D eigenvalue weighted by molar-refractivity contribution is 6.07. The standard InChI is InChI=1S/C25H28N4O5/c1-2-25(18-6-4-3-5-7-18)23(31)29(24(32)27-25)15-28-12-10-17(11-13-28)22(30)26-19-8-9-20-21(14-19)34-16-33-20/h3-9,14,17H,2,10-13,15-16H2,1H3,(H,26,30)(H,27,32)/t25-/m1/s1. The van der Waals surface area contributed by atoms with Crippen molar-refractivity contribution in [2.24, 2.45) is 5.92 Å². The van der Waals surface area contributed by atoms with Crippen LogP contribution >= 0.6 is 0 Å². The fraction of sp³-hybridized carbons (Fsp3) is 0.400. The van der Waals surface area contributed by atoms with Gasteiger partial charge in [0.1, 0.15) is 5.54 Å². The summed E-state index contributed by atoms with van der Waals surface area (Å²) < 4.78 is 10.7. The molecule has 0 bridgehead atoms. The van der Waals surface area contributed by atoms with Gasteiger partial charge in [-0.25, -0.2) is 9.69 Å². The first-order chi connectivity index (χ1) is 16.5. The minimum absolute atomic E-state index is 0.0393. The molecule has 1 atom stereocenters. The number of imide groups is 1. The summed E-state index contributed by atoms with van der Waals surface area (Å²) >= 11 is 0. The van der Waals surface area contributed by atoms with Crippen LogP contribution in [0.25, 0.3) is 0 Å². The second-order valence-electron chi connectivity index (χ2n) is 8.88. The number of benzene rings is 2. The van der Waals surface area contributed by atoms with Crippen LogP contribution in [0.5, 0.6) is 11.5 Å². The fourth-order valence-electron chi connectivity index (χ4n) is 4.87. The van der Waals surface area contributed by atoms with E-state index in [9.17, 15) is 14.4 Å². The number of ether oxygens (including phenoxy) is 2. The van der Waals surface area contributed by atoms with Gasteiger partial charge in [-0.05, 0) is 37.0 Å². The molecule has 0 saturated carbocycles. The van der Waals surface area contributed by atoms with Crippen LogP contribution in [0.2, 0.25) is 0 Å². The molecule has 4 amide bonds. The number of carbonyl (C=O) groups excluding carboxylic acids is 3. The maximum absolute atomic E-state index is 13.3. The van der Waals surface area contributed by atoms with Crippen molar-refractivity contribution in [3.05, 3.63) is 54.1 Å². The van der Waals surface area contributed by atoms with Crippen LogP contribution in [0.4, 0.5) is 10.5 Å². The van der Waals surface area contributed by atoms with Crippen LogP contribution in [0.3, 0.4) is 0 Å². The molecule has 0 radical (unpaired) electrons. The van der Waals surface area contributed by atoms with E-state index in [1.807, 2.05) is 37.3 Å². The van der Waals surface area contributed by atoms with Gasteiger partial charge < -0.3 is 20.1 Å². The fourth-order valence-corrected chi connectivity index (χ4v) is 4.87. The summed E-state index contributed by atoms with van der Waals surface area (Å²) in [5.74, 6) is 0.895. The summed E-state index contributed by atoms with van der Waals surface area (Å²) in [7, 11) is 0. The molecule has 2 N–H and O–H groups in total. The van der Waals surface area contributed by atoms with Crippen LogP contribution in [-0.4, -0.2) is 54.2 Å². The minimum Gasteiger partial charge on any atom is -0.454 e. The van der Waals surface area contributed by atoms with E-state index in [1.165, 1.54) is 4.90 Å². The number of piperidine rings is 1. The Balaban J connectivity index is 1.17. The van der Waals surface area contributed by atoms with Crippen LogP contribution in [0.1, 0.15) is 31.7 Å². The van der Waals surface area contributed by atoms with Crippen molar-refractivity contribution in [3.63, 3.8) is 0 Å². The summed E-state index contributed by atoms with van der Waals surface area (Å²) in [6.45, 7) is 3.56. The molecule has 178 valence electrons. The van der Waals surface area contributed by atoms with E-state index in [4.69, 9.17) is 9.47 Å². The molecular weight excluding hydrogens is 436 g/mol. The third-order valence-electron chi connectivity index (χ3n) is 6.91. The van der Waals surface area contributed by atoms with Gasteiger partial charge in [0, 0.05) is 30.8 Å². The van der Waals surface area contributed by atoms with Crippen molar-refractivity contribution < 1.29 is 23.9 Å². The zero-order chi connectivity index (χ0) is 23.7. The lowest BCUT2D eigenvalue weighted by atomic mass is 9.87. The first-order valence-electron chi connectivity index (χ1n) is 11.6. The number of amides is 4. The topological polar surface area (TPSA) is 100 Å². The molecule has 0 spiro atoms. The van der Waals surface area contributed by atoms with E-state index < -0.39 is 5.54 Å². The molecule has 34 heavy (non-hydrogen) atoms. The molecule has 2 aromatic carbocycles. The number of rotatable bonds is 6. The van der Waals surface area contributed by atoms with E-state index in [1.54, 1.807) is 18.2 Å². The number of hydrogen-bond acceptors (Lipinski definition) is 6. The van der Waals surface area contributed by atoms with Crippen LogP contribution in [0.15, 0.2) is 48.5 Å². The van der Waals surface area contributed by atoms with Crippen LogP contribution in [-0.2, 0) is 15.1 Å². The molecule has 9 heteroatoms. The Kier molecular flexibility index (Phi) is 5.87. The Hall–Kier alpha value is -3.59. The van der Waals surface area contributed by atoms with Crippen LogP contribution in [0, 0.1) is 5.92 Å². The molecule has 3 heterocycles. The Morgan fingerprint density at radius 3 is 2.56 bits per heavy atom. The highest BCUT2D eigenvalue weighted by Gasteiger charge is 2.51. The largest absolute Gasteiger partial charge is 0.454 e. The number of likely N-dealkylation sites (tertiary alicyclic amines) is 1. The smallest absolute Gasteiger partial charge is 0.326 e. The number of anilines is 1. The molecule has 9 nitrogen and oxygen atoms in total. The van der Waals surface area contributed by atoms with Gasteiger partial charge in [0.15, 0.2) is 11.5 Å². The SMILES string of the molecule is CC[C@]1(c2ccccc2)NC(=O)N(CN2CCC(C(=O)Nc3ccc4c(c3)OCO4)CC2)C1=O. The van der Waals surface area contributed by atoms with Gasteiger partial charge in [0.2, 0.25) is 12.7 Å². The summed E-state index contributed by atoms with van der Waals surface area (Å²) in [5, 5.41) is 5.88. The molecule has 3 aliphatic rings. The van der Waals surface area contributed by atoms with Gasteiger partial charge >= 0.3 is 6.03 Å². The Bertz CT molecular complexity index is 1100. The summed E-state index contributed by atoms with van der Waals surface area (Å²) in [4.78, 5) is 42.2. The molecule has 0 aliphatic carbocycles. The average Bonchev–Trinajstić information content (AvgIpc) is 3.43. The molecule has 0 unspecified atom stereocenters. The van der Waals surface area contributed by atoms with E-state index >= 15 is 0 Å². The van der Waals surface area contributed by atoms with E-state index in [2.05, 4.69) is 15.5 Å². The highest BCUT2D eigenvalue weighted by atomic mass is 16.7. The van der Waals surface area contributed by atoms with Gasteiger partial charge in [-0.1, -0.05) is 37.3 Å². The normalized spacial score (nSPS) is 22.7. The van der Waals surface area contributed by atoms with Gasteiger partial charge in [0.05, 0.1) is 6.67 Å². The van der Waals surface area contributed by atoms with Crippen molar-refractivity contribution in [2.45, 2.75) is 31.7 Å². The summed E-state index contributed by atoms with van der Waals surface area (Å²) in [6.07, 6.45) is 1.77. The van der Waals surface area contributed by atoms with Crippen molar-refractivity contribution in [1.82, 2.24) is 15.1 Å². The first kappa shape index (κ1) is 22.2. The first-order valence-corrected chi connectivity index (χ1v) is 11.6. The Morgan fingerprint density at radius 1 is 1.09 bits per heavy atom. The molecule has 2 fully saturated rings. The van der Waals surface area contributed by atoms with Gasteiger partial charge in [-0.3, -0.25) is 14.5 Å². The number of hydrogen-bond donors (Lipinski definition) is 2. The number of fused-ring (bicyclic) bond motifs is 1. The predicted molar refractivity (Wildman–Crippen MR) is 124 cm³/mol. The van der Waals surface area contributed by atoms with Crippen molar-refractivity contribution in [1.29, 1.82) is 0 Å². The van der Waals surface area contributed by atoms with Crippen molar-refractivity contribution in [3.8, 4) is 11.5 Å². The van der Waals surface area contributed by atoms with E-state index in [-0.39, 0.29) is 37.2 Å².